The molecule has 0 saturated heterocycles. The molecule has 96 valence electrons. The summed E-state index contributed by atoms with van der Waals surface area (Å²) >= 11 is 0. The van der Waals surface area contributed by atoms with Crippen molar-refractivity contribution in [3.8, 4) is 0 Å². The first kappa shape index (κ1) is 14.2. The highest BCUT2D eigenvalue weighted by molar-refractivity contribution is 7.83. The summed E-state index contributed by atoms with van der Waals surface area (Å²) in [7, 11) is -4.17. The Morgan fingerprint density at radius 1 is 0.833 bits per heavy atom. The lowest BCUT2D eigenvalue weighted by molar-refractivity contribution is 0.485. The molecule has 0 unspecified atom stereocenters. The van der Waals surface area contributed by atoms with Crippen LogP contribution in [0.15, 0.2) is 60.7 Å². The van der Waals surface area contributed by atoms with E-state index < -0.39 is 10.3 Å². The number of anilines is 2. The second kappa shape index (κ2) is 6.75. The van der Waals surface area contributed by atoms with Gasteiger partial charge in [0.2, 0.25) is 0 Å². The predicted molar refractivity (Wildman–Crippen MR) is 71.9 cm³/mol. The maximum Gasteiger partial charge on any atom is 0.330 e. The molecular weight excluding hydrogens is 252 g/mol. The molecule has 0 aliphatic rings. The van der Waals surface area contributed by atoms with E-state index in [2.05, 4.69) is 10.5 Å². The summed E-state index contributed by atoms with van der Waals surface area (Å²) < 4.78 is 25.2. The van der Waals surface area contributed by atoms with Gasteiger partial charge in [-0.25, -0.2) is 5.14 Å². The van der Waals surface area contributed by atoms with Crippen LogP contribution in [-0.4, -0.2) is 13.0 Å². The van der Waals surface area contributed by atoms with E-state index in [0.29, 0.717) is 0 Å². The summed E-state index contributed by atoms with van der Waals surface area (Å²) in [5.41, 5.74) is 2.24. The fourth-order valence-electron chi connectivity index (χ4n) is 1.21. The Kier molecular flexibility index (Phi) is 5.31. The fourth-order valence-corrected chi connectivity index (χ4v) is 1.21. The van der Waals surface area contributed by atoms with Crippen molar-refractivity contribution in [3.05, 3.63) is 60.7 Å². The lowest BCUT2D eigenvalue weighted by Crippen LogP contribution is -2.08. The molecule has 0 saturated carbocycles. The van der Waals surface area contributed by atoms with Crippen molar-refractivity contribution in [2.24, 2.45) is 5.14 Å². The van der Waals surface area contributed by atoms with Gasteiger partial charge >= 0.3 is 10.3 Å². The van der Waals surface area contributed by atoms with Crippen molar-refractivity contribution in [1.82, 2.24) is 0 Å². The Balaban J connectivity index is 0.000000280. The van der Waals surface area contributed by atoms with Crippen molar-refractivity contribution in [1.29, 1.82) is 0 Å². The number of hydrogen-bond acceptors (Lipinski definition) is 3. The Bertz CT molecular complexity index is 511. The van der Waals surface area contributed by atoms with Crippen LogP contribution in [0.25, 0.3) is 0 Å². The minimum Gasteiger partial charge on any atom is -0.356 e. The van der Waals surface area contributed by atoms with E-state index >= 15 is 0 Å². The molecule has 0 bridgehead atoms. The van der Waals surface area contributed by atoms with E-state index in [0.717, 1.165) is 11.4 Å². The van der Waals surface area contributed by atoms with Crippen molar-refractivity contribution in [2.75, 3.05) is 5.32 Å². The van der Waals surface area contributed by atoms with E-state index in [9.17, 15) is 0 Å². The molecule has 2 aromatic carbocycles. The van der Waals surface area contributed by atoms with Crippen LogP contribution in [0.2, 0.25) is 0 Å². The monoisotopic (exact) mass is 266 g/mol. The SMILES string of the molecule is NS(=O)(=O)O.c1ccc(Nc2ccccc2)cc1. The summed E-state index contributed by atoms with van der Waals surface area (Å²) in [4.78, 5) is 0. The van der Waals surface area contributed by atoms with Gasteiger partial charge in [-0.15, -0.1) is 0 Å². The summed E-state index contributed by atoms with van der Waals surface area (Å²) in [6, 6.07) is 20.3. The highest BCUT2D eigenvalue weighted by Crippen LogP contribution is 2.14. The van der Waals surface area contributed by atoms with Gasteiger partial charge in [0.15, 0.2) is 0 Å². The molecule has 18 heavy (non-hydrogen) atoms. The molecule has 2 aromatic rings. The average Bonchev–Trinajstić information content (AvgIpc) is 2.29. The zero-order chi connectivity index (χ0) is 13.4. The van der Waals surface area contributed by atoms with Gasteiger partial charge in [0.05, 0.1) is 0 Å². The average molecular weight is 266 g/mol. The molecule has 2 rings (SSSR count). The topological polar surface area (TPSA) is 92.4 Å². The molecule has 6 heteroatoms. The number of para-hydroxylation sites is 2. The molecule has 5 nitrogen and oxygen atoms in total. The van der Waals surface area contributed by atoms with Gasteiger partial charge in [0, 0.05) is 11.4 Å². The molecule has 0 aliphatic carbocycles. The number of hydrogen-bond donors (Lipinski definition) is 3. The van der Waals surface area contributed by atoms with Crippen molar-refractivity contribution >= 4 is 21.7 Å². The van der Waals surface area contributed by atoms with E-state index in [1.54, 1.807) is 0 Å². The molecule has 0 fully saturated rings. The van der Waals surface area contributed by atoms with Gasteiger partial charge < -0.3 is 5.32 Å². The molecule has 0 heterocycles. The van der Waals surface area contributed by atoms with Crippen LogP contribution in [0.3, 0.4) is 0 Å². The van der Waals surface area contributed by atoms with Gasteiger partial charge in [-0.2, -0.15) is 8.42 Å². The minimum atomic E-state index is -4.17. The second-order valence-corrected chi connectivity index (χ2v) is 4.40. The molecule has 0 aliphatic heterocycles. The van der Waals surface area contributed by atoms with Gasteiger partial charge in [-0.3, -0.25) is 4.55 Å². The zero-order valence-corrected chi connectivity index (χ0v) is 10.3. The smallest absolute Gasteiger partial charge is 0.330 e. The molecule has 0 radical (unpaired) electrons. The second-order valence-electron chi connectivity index (χ2n) is 3.37. The summed E-state index contributed by atoms with van der Waals surface area (Å²) in [6.07, 6.45) is 0. The fraction of sp³-hybridized carbons (Fsp3) is 0. The molecule has 4 N–H and O–H groups in total. The summed E-state index contributed by atoms with van der Waals surface area (Å²) in [5.74, 6) is 0. The summed E-state index contributed by atoms with van der Waals surface area (Å²) in [5, 5.41) is 7.19. The van der Waals surface area contributed by atoms with Gasteiger partial charge in [-0.05, 0) is 24.3 Å². The molecule has 0 spiro atoms. The van der Waals surface area contributed by atoms with E-state index in [1.165, 1.54) is 0 Å². The Labute approximate surface area is 106 Å². The quantitative estimate of drug-likeness (QED) is 0.726. The Morgan fingerprint density at radius 2 is 1.11 bits per heavy atom. The lowest BCUT2D eigenvalue weighted by Gasteiger charge is -2.04. The third kappa shape index (κ3) is 7.39. The maximum absolute atomic E-state index is 8.97. The standard InChI is InChI=1S/C12H11N.H3NO3S/c1-3-7-11(8-4-1)13-12-9-5-2-6-10-12;1-5(2,3)4/h1-10,13H;(H3,1,2,3,4). The number of benzene rings is 2. The number of rotatable bonds is 2. The minimum absolute atomic E-state index is 1.12. The lowest BCUT2D eigenvalue weighted by atomic mass is 10.3. The van der Waals surface area contributed by atoms with Crippen LogP contribution in [0.1, 0.15) is 0 Å². The molecule has 0 aromatic heterocycles. The van der Waals surface area contributed by atoms with Crippen molar-refractivity contribution < 1.29 is 13.0 Å². The first-order valence-electron chi connectivity index (χ1n) is 5.07. The van der Waals surface area contributed by atoms with E-state index in [-0.39, 0.29) is 0 Å². The van der Waals surface area contributed by atoms with Crippen LogP contribution in [0.5, 0.6) is 0 Å². The van der Waals surface area contributed by atoms with E-state index in [4.69, 9.17) is 13.0 Å². The predicted octanol–water partition coefficient (Wildman–Crippen LogP) is 2.18. The highest BCUT2D eigenvalue weighted by atomic mass is 32.2. The normalized spacial score (nSPS) is 10.1. The summed E-state index contributed by atoms with van der Waals surface area (Å²) in [6.45, 7) is 0. The third-order valence-corrected chi connectivity index (χ3v) is 1.84. The number of nitrogens with two attached hydrogens (primary N) is 1. The molecular formula is C12H14N2O3S. The van der Waals surface area contributed by atoms with Gasteiger partial charge in [-0.1, -0.05) is 36.4 Å². The third-order valence-electron chi connectivity index (χ3n) is 1.84. The van der Waals surface area contributed by atoms with Crippen LogP contribution < -0.4 is 10.5 Å². The highest BCUT2D eigenvalue weighted by Gasteiger charge is 1.89. The van der Waals surface area contributed by atoms with Gasteiger partial charge in [0.25, 0.3) is 0 Å². The van der Waals surface area contributed by atoms with Crippen LogP contribution in [-0.2, 0) is 10.3 Å². The van der Waals surface area contributed by atoms with Gasteiger partial charge in [0.1, 0.15) is 0 Å². The molecule has 0 atom stereocenters. The Morgan fingerprint density at radius 3 is 1.39 bits per heavy atom. The van der Waals surface area contributed by atoms with Crippen molar-refractivity contribution in [2.45, 2.75) is 0 Å². The van der Waals surface area contributed by atoms with Crippen LogP contribution in [0, 0.1) is 0 Å². The van der Waals surface area contributed by atoms with E-state index in [1.807, 2.05) is 60.7 Å². The largest absolute Gasteiger partial charge is 0.356 e. The zero-order valence-electron chi connectivity index (χ0n) is 9.52. The maximum atomic E-state index is 8.97. The van der Waals surface area contributed by atoms with Crippen molar-refractivity contribution in [3.63, 3.8) is 0 Å². The number of nitrogens with one attached hydrogen (secondary N) is 1. The van der Waals surface area contributed by atoms with Crippen LogP contribution in [0.4, 0.5) is 11.4 Å². The molecule has 0 amide bonds. The first-order chi connectivity index (χ1) is 8.45. The first-order valence-corrected chi connectivity index (χ1v) is 6.58. The Hall–Kier alpha value is -1.89. The van der Waals surface area contributed by atoms with Crippen LogP contribution >= 0.6 is 0 Å².